The van der Waals surface area contributed by atoms with Crippen molar-refractivity contribution >= 4 is 17.6 Å². The lowest BCUT2D eigenvalue weighted by Crippen LogP contribution is -2.38. The van der Waals surface area contributed by atoms with Gasteiger partial charge in [-0.2, -0.15) is 0 Å². The second kappa shape index (κ2) is 5.24. The van der Waals surface area contributed by atoms with Crippen LogP contribution in [0.5, 0.6) is 0 Å². The van der Waals surface area contributed by atoms with Crippen LogP contribution in [0.25, 0.3) is 0 Å². The van der Waals surface area contributed by atoms with Crippen LogP contribution in [0.3, 0.4) is 0 Å². The molecule has 0 aromatic heterocycles. The van der Waals surface area contributed by atoms with Crippen LogP contribution in [0.4, 0.5) is 4.39 Å². The number of carboxylic acids is 1. The Morgan fingerprint density at radius 1 is 1.61 bits per heavy atom. The molecule has 1 fully saturated rings. The number of hydrogen-bond donors (Lipinski definition) is 1. The van der Waals surface area contributed by atoms with Gasteiger partial charge in [0.15, 0.2) is 0 Å². The van der Waals surface area contributed by atoms with E-state index in [1.165, 1.54) is 6.07 Å². The Hall–Kier alpha value is -1.13. The topological polar surface area (TPSA) is 40.5 Å². The third-order valence-corrected chi connectivity index (χ3v) is 3.75. The Morgan fingerprint density at radius 3 is 3.00 bits per heavy atom. The van der Waals surface area contributed by atoms with Gasteiger partial charge in [-0.3, -0.25) is 9.69 Å². The van der Waals surface area contributed by atoms with Gasteiger partial charge in [0.2, 0.25) is 0 Å². The van der Waals surface area contributed by atoms with Crippen molar-refractivity contribution < 1.29 is 14.3 Å². The molecule has 5 heteroatoms. The minimum Gasteiger partial charge on any atom is -0.480 e. The summed E-state index contributed by atoms with van der Waals surface area (Å²) in [6.07, 6.45) is 0.819. The van der Waals surface area contributed by atoms with E-state index in [1.54, 1.807) is 17.0 Å². The van der Waals surface area contributed by atoms with Crippen molar-refractivity contribution in [1.82, 2.24) is 4.90 Å². The van der Waals surface area contributed by atoms with Crippen molar-refractivity contribution in [3.05, 3.63) is 34.6 Å². The van der Waals surface area contributed by atoms with Crippen molar-refractivity contribution in [2.24, 2.45) is 5.92 Å². The molecule has 1 aromatic carbocycles. The third-order valence-electron chi connectivity index (χ3n) is 3.46. The molecule has 2 atom stereocenters. The van der Waals surface area contributed by atoms with Crippen molar-refractivity contribution in [2.75, 3.05) is 6.54 Å². The molecule has 2 unspecified atom stereocenters. The summed E-state index contributed by atoms with van der Waals surface area (Å²) in [7, 11) is 0. The highest BCUT2D eigenvalue weighted by molar-refractivity contribution is 6.30. The summed E-state index contributed by atoms with van der Waals surface area (Å²) in [6.45, 7) is 2.87. The molecule has 0 saturated carbocycles. The fourth-order valence-electron chi connectivity index (χ4n) is 2.49. The van der Waals surface area contributed by atoms with E-state index in [9.17, 15) is 14.3 Å². The zero-order valence-corrected chi connectivity index (χ0v) is 10.8. The first-order chi connectivity index (χ1) is 8.50. The molecule has 1 N–H and O–H groups in total. The molecule has 0 amide bonds. The van der Waals surface area contributed by atoms with Gasteiger partial charge >= 0.3 is 5.97 Å². The van der Waals surface area contributed by atoms with Gasteiger partial charge in [0.05, 0.1) is 5.02 Å². The summed E-state index contributed by atoms with van der Waals surface area (Å²) >= 11 is 5.72. The van der Waals surface area contributed by atoms with Crippen molar-refractivity contribution in [3.63, 3.8) is 0 Å². The lowest BCUT2D eigenvalue weighted by Gasteiger charge is -2.23. The van der Waals surface area contributed by atoms with Gasteiger partial charge in [-0.05, 0) is 24.9 Å². The first-order valence-corrected chi connectivity index (χ1v) is 6.28. The van der Waals surface area contributed by atoms with E-state index < -0.39 is 17.8 Å². The summed E-state index contributed by atoms with van der Waals surface area (Å²) in [6, 6.07) is 4.27. The minimum atomic E-state index is -0.845. The summed E-state index contributed by atoms with van der Waals surface area (Å²) < 4.78 is 13.8. The number of halogens is 2. The molecule has 0 aliphatic carbocycles. The molecule has 18 heavy (non-hydrogen) atoms. The van der Waals surface area contributed by atoms with Crippen LogP contribution in [0.2, 0.25) is 5.02 Å². The third kappa shape index (κ3) is 2.49. The molecule has 3 nitrogen and oxygen atoms in total. The Labute approximate surface area is 110 Å². The molecule has 1 heterocycles. The average molecular weight is 272 g/mol. The van der Waals surface area contributed by atoms with E-state index in [-0.39, 0.29) is 17.5 Å². The predicted molar refractivity (Wildman–Crippen MR) is 67.0 cm³/mol. The minimum absolute atomic E-state index is 0.0756. The van der Waals surface area contributed by atoms with Crippen LogP contribution in [-0.2, 0) is 11.3 Å². The summed E-state index contributed by atoms with van der Waals surface area (Å²) in [5, 5.41) is 9.27. The molecular weight excluding hydrogens is 257 g/mol. The summed E-state index contributed by atoms with van der Waals surface area (Å²) in [4.78, 5) is 13.0. The van der Waals surface area contributed by atoms with Crippen LogP contribution >= 0.6 is 11.6 Å². The molecule has 1 aliphatic heterocycles. The number of carbonyl (C=O) groups is 1. The van der Waals surface area contributed by atoms with Gasteiger partial charge in [0, 0.05) is 12.1 Å². The van der Waals surface area contributed by atoms with Crippen LogP contribution in [0.1, 0.15) is 18.9 Å². The number of likely N-dealkylation sites (tertiary alicyclic amines) is 1. The smallest absolute Gasteiger partial charge is 0.321 e. The molecule has 98 valence electrons. The maximum atomic E-state index is 13.8. The molecule has 1 aliphatic rings. The highest BCUT2D eigenvalue weighted by Gasteiger charge is 2.36. The second-order valence-corrected chi connectivity index (χ2v) is 5.14. The van der Waals surface area contributed by atoms with Crippen LogP contribution in [0, 0.1) is 11.7 Å². The molecule has 2 rings (SSSR count). The van der Waals surface area contributed by atoms with Gasteiger partial charge < -0.3 is 5.11 Å². The standard InChI is InChI=1S/C13H15ClFNO2/c1-8-5-6-16(12(8)13(17)18)7-9-3-2-4-10(14)11(9)15/h2-4,8,12H,5-7H2,1H3,(H,17,18). The number of carboxylic acid groups (broad SMARTS) is 1. The number of aliphatic carboxylic acids is 1. The average Bonchev–Trinajstić information content (AvgIpc) is 2.66. The van der Waals surface area contributed by atoms with Gasteiger partial charge in [-0.1, -0.05) is 30.7 Å². The Bertz CT molecular complexity index is 466. The van der Waals surface area contributed by atoms with E-state index in [1.807, 2.05) is 6.92 Å². The van der Waals surface area contributed by atoms with E-state index in [4.69, 9.17) is 11.6 Å². The summed E-state index contributed by atoms with van der Waals surface area (Å²) in [5.74, 6) is -1.21. The molecule has 0 bridgehead atoms. The first-order valence-electron chi connectivity index (χ1n) is 5.90. The Kier molecular flexibility index (Phi) is 3.88. The fraction of sp³-hybridized carbons (Fsp3) is 0.462. The van der Waals surface area contributed by atoms with Crippen molar-refractivity contribution in [3.8, 4) is 0 Å². The van der Waals surface area contributed by atoms with Crippen LogP contribution in [-0.4, -0.2) is 28.6 Å². The molecule has 0 radical (unpaired) electrons. The van der Waals surface area contributed by atoms with Crippen LogP contribution < -0.4 is 0 Å². The van der Waals surface area contributed by atoms with Gasteiger partial charge in [0.25, 0.3) is 0 Å². The highest BCUT2D eigenvalue weighted by Crippen LogP contribution is 2.27. The van der Waals surface area contributed by atoms with Crippen molar-refractivity contribution in [2.45, 2.75) is 25.9 Å². The quantitative estimate of drug-likeness (QED) is 0.919. The van der Waals surface area contributed by atoms with Crippen LogP contribution in [0.15, 0.2) is 18.2 Å². The number of nitrogens with zero attached hydrogens (tertiary/aromatic N) is 1. The lowest BCUT2D eigenvalue weighted by molar-refractivity contribution is -0.143. The van der Waals surface area contributed by atoms with Crippen molar-refractivity contribution in [1.29, 1.82) is 0 Å². The number of hydrogen-bond acceptors (Lipinski definition) is 2. The first kappa shape index (κ1) is 13.3. The molecule has 0 spiro atoms. The number of benzene rings is 1. The van der Waals surface area contributed by atoms with Gasteiger partial charge in [-0.25, -0.2) is 4.39 Å². The maximum Gasteiger partial charge on any atom is 0.321 e. The zero-order chi connectivity index (χ0) is 13.3. The fourth-order valence-corrected chi connectivity index (χ4v) is 2.69. The monoisotopic (exact) mass is 271 g/mol. The van der Waals surface area contributed by atoms with E-state index in [0.29, 0.717) is 12.1 Å². The zero-order valence-electron chi connectivity index (χ0n) is 10.1. The second-order valence-electron chi connectivity index (χ2n) is 4.73. The Balaban J connectivity index is 2.18. The van der Waals surface area contributed by atoms with E-state index in [2.05, 4.69) is 0 Å². The molecule has 1 aromatic rings. The number of rotatable bonds is 3. The molecular formula is C13H15ClFNO2. The maximum absolute atomic E-state index is 13.8. The van der Waals surface area contributed by atoms with Gasteiger partial charge in [-0.15, -0.1) is 0 Å². The molecule has 1 saturated heterocycles. The predicted octanol–water partition coefficient (Wildman–Crippen LogP) is 2.77. The van der Waals surface area contributed by atoms with Gasteiger partial charge in [0.1, 0.15) is 11.9 Å². The Morgan fingerprint density at radius 2 is 2.33 bits per heavy atom. The highest BCUT2D eigenvalue weighted by atomic mass is 35.5. The van der Waals surface area contributed by atoms with E-state index >= 15 is 0 Å². The normalized spacial score (nSPS) is 24.4. The SMILES string of the molecule is CC1CCN(Cc2cccc(Cl)c2F)C1C(=O)O. The summed E-state index contributed by atoms with van der Waals surface area (Å²) in [5.41, 5.74) is 0.447. The van der Waals surface area contributed by atoms with E-state index in [0.717, 1.165) is 6.42 Å². The lowest BCUT2D eigenvalue weighted by atomic mass is 10.0. The largest absolute Gasteiger partial charge is 0.480 e.